The average molecular weight is 1250 g/mol. The molecule has 0 N–H and O–H groups in total. The minimum absolute atomic E-state index is 0. The molecule has 9 aromatic carbocycles. The minimum atomic E-state index is 0. The number of furan rings is 2. The predicted molar refractivity (Wildman–Crippen MR) is 330 cm³/mol. The van der Waals surface area contributed by atoms with Gasteiger partial charge < -0.3 is 22.7 Å². The quantitative estimate of drug-likeness (QED) is 0.113. The van der Waals surface area contributed by atoms with Crippen molar-refractivity contribution in [1.82, 2.24) is 24.1 Å². The maximum Gasteiger partial charge on any atom is 2.00 e. The van der Waals surface area contributed by atoms with E-state index in [4.69, 9.17) is 28.5 Å². The van der Waals surface area contributed by atoms with Crippen LogP contribution in [0.25, 0.3) is 123 Å². The number of rotatable bonds is 12. The van der Waals surface area contributed by atoms with Crippen LogP contribution >= 0.6 is 0 Å². The summed E-state index contributed by atoms with van der Waals surface area (Å²) in [6.07, 6.45) is 0. The molecule has 9 heteroatoms. The second kappa shape index (κ2) is 20.9. The zero-order chi connectivity index (χ0) is 55.2. The summed E-state index contributed by atoms with van der Waals surface area (Å²) in [6.45, 7) is 18.2. The fourth-order valence-corrected chi connectivity index (χ4v) is 11.9. The van der Waals surface area contributed by atoms with E-state index in [2.05, 4.69) is 210 Å². The van der Waals surface area contributed by atoms with Gasteiger partial charge in [-0.2, -0.15) is 0 Å². The van der Waals surface area contributed by atoms with E-state index in [1.807, 2.05) is 54.6 Å². The molecule has 0 bridgehead atoms. The van der Waals surface area contributed by atoms with Crippen molar-refractivity contribution in [2.45, 2.75) is 79.1 Å². The van der Waals surface area contributed by atoms with Crippen molar-refractivity contribution < 1.29 is 34.6 Å². The minimum Gasteiger partial charge on any atom is -0.497 e. The number of ether oxygens (including phenoxy) is 1. The third kappa shape index (κ3) is 8.92. The van der Waals surface area contributed by atoms with E-state index in [0.717, 1.165) is 72.1 Å². The van der Waals surface area contributed by atoms with Crippen LogP contribution in [0, 0.1) is 12.1 Å². The van der Waals surface area contributed by atoms with E-state index in [-0.39, 0.29) is 44.7 Å². The second-order valence-electron chi connectivity index (χ2n) is 22.5. The Hall–Kier alpha value is -8.84. The monoisotopic (exact) mass is 1250 g/mol. The van der Waals surface area contributed by atoms with Crippen molar-refractivity contribution in [2.75, 3.05) is 0 Å². The van der Waals surface area contributed by atoms with Gasteiger partial charge in [-0.1, -0.05) is 176 Å². The van der Waals surface area contributed by atoms with Crippen molar-refractivity contribution in [1.29, 1.82) is 0 Å². The van der Waals surface area contributed by atoms with Gasteiger partial charge in [-0.15, -0.1) is 23.8 Å². The smallest absolute Gasteiger partial charge is 0.497 e. The largest absolute Gasteiger partial charge is 2.00 e. The van der Waals surface area contributed by atoms with E-state index in [9.17, 15) is 0 Å². The van der Waals surface area contributed by atoms with Gasteiger partial charge in [0.15, 0.2) is 5.58 Å². The summed E-state index contributed by atoms with van der Waals surface area (Å²) in [5, 5.41) is 2.49. The van der Waals surface area contributed by atoms with Crippen LogP contribution in [0.4, 0.5) is 0 Å². The Labute approximate surface area is 491 Å². The Morgan fingerprint density at radius 1 is 0.415 bits per heavy atom. The van der Waals surface area contributed by atoms with Gasteiger partial charge in [0, 0.05) is 33.6 Å². The summed E-state index contributed by atoms with van der Waals surface area (Å²) in [6, 6.07) is 73.1. The van der Waals surface area contributed by atoms with Gasteiger partial charge in [-0.3, -0.25) is 9.97 Å². The third-order valence-corrected chi connectivity index (χ3v) is 15.9. The molecule has 0 aliphatic rings. The Bertz CT molecular complexity index is 4690. The topological polar surface area (TPSA) is 84.0 Å². The Morgan fingerprint density at radius 3 is 1.50 bits per heavy atom. The summed E-state index contributed by atoms with van der Waals surface area (Å²) in [5.74, 6) is 3.14. The number of para-hydroxylation sites is 5. The molecular formula is C73H59N5O3Pt. The number of fused-ring (bicyclic) bond motifs is 8. The van der Waals surface area contributed by atoms with Crippen molar-refractivity contribution in [3.8, 4) is 67.9 Å². The molecule has 0 unspecified atom stereocenters. The number of nitrogens with zero attached hydrogens (tertiary/aromatic N) is 5. The van der Waals surface area contributed by atoms with E-state index in [1.54, 1.807) is 0 Å². The number of hydrogen-bond donors (Lipinski definition) is 0. The first-order valence-electron chi connectivity index (χ1n) is 28.2. The SMILES string of the molecule is CC(C)c1cc(-c2ccccc2)cc(C(C)C)c1-n1c(-c2[c-]c(Oc3[c-]c(-c4nc5ccccc5n4-c4c(C(C)C)cc(-c5ccccc5)cc4C(C)C)c4oc5nc6c(cc5c4c3)oc3ccccc36)ccc2)nc2ccccc21.[Pt+2]. The maximum atomic E-state index is 7.11. The van der Waals surface area contributed by atoms with Crippen molar-refractivity contribution in [3.05, 3.63) is 222 Å². The van der Waals surface area contributed by atoms with Gasteiger partial charge >= 0.3 is 21.1 Å². The first-order valence-corrected chi connectivity index (χ1v) is 28.2. The third-order valence-electron chi connectivity index (χ3n) is 15.9. The molecule has 82 heavy (non-hydrogen) atoms. The number of benzene rings is 9. The first-order chi connectivity index (χ1) is 39.4. The van der Waals surface area contributed by atoms with Crippen molar-refractivity contribution in [3.63, 3.8) is 0 Å². The molecule has 0 saturated carbocycles. The van der Waals surface area contributed by atoms with Gasteiger partial charge in [-0.05, 0) is 140 Å². The number of hydrogen-bond acceptors (Lipinski definition) is 6. The van der Waals surface area contributed by atoms with Crippen LogP contribution in [0.3, 0.4) is 0 Å². The van der Waals surface area contributed by atoms with Crippen LogP contribution in [0.15, 0.2) is 197 Å². The number of aromatic nitrogens is 5. The molecule has 5 aromatic heterocycles. The van der Waals surface area contributed by atoms with Crippen LogP contribution in [-0.4, -0.2) is 24.1 Å². The molecule has 0 atom stereocenters. The first kappa shape index (κ1) is 52.5. The van der Waals surface area contributed by atoms with Crippen molar-refractivity contribution >= 4 is 66.2 Å². The second-order valence-corrected chi connectivity index (χ2v) is 22.5. The van der Waals surface area contributed by atoms with Gasteiger partial charge in [0.2, 0.25) is 5.71 Å². The average Bonchev–Trinajstić information content (AvgIpc) is 2.91. The van der Waals surface area contributed by atoms with Gasteiger partial charge in [0.25, 0.3) is 0 Å². The molecule has 0 aliphatic carbocycles. The molecule has 0 spiro atoms. The normalized spacial score (nSPS) is 12.0. The van der Waals surface area contributed by atoms with E-state index < -0.39 is 0 Å². The van der Waals surface area contributed by atoms with Crippen LogP contribution in [0.2, 0.25) is 0 Å². The molecule has 5 heterocycles. The standard InChI is InChI=1S/C73H59N5O3.Pt/c1-42(2)54-35-49(46-22-11-9-12-23-46)36-55(43(3)4)68(54)77-63-31-18-16-29-61(63)74-71(77)48-26-21-27-51(34-48)79-52-39-58-59-41-66-67(53-28-15-20-33-65(53)80-66)76-73(59)81-70(58)60(40-52)72-75-62-30-17-19-32-64(62)78(72)69-56(44(5)6)37-50(38-57(69)45(7)8)47-24-13-10-14-25-47;/h9-33,35-39,41-45H,1-8H3;/q-2;+2. The fraction of sp³-hybridized carbons (Fsp3) is 0.164. The summed E-state index contributed by atoms with van der Waals surface area (Å²) >= 11 is 0. The van der Waals surface area contributed by atoms with E-state index in [1.165, 1.54) is 44.5 Å². The van der Waals surface area contributed by atoms with Crippen LogP contribution in [-0.2, 0) is 21.1 Å². The van der Waals surface area contributed by atoms with Gasteiger partial charge in [0.05, 0.1) is 39.3 Å². The zero-order valence-electron chi connectivity index (χ0n) is 47.0. The molecule has 0 fully saturated rings. The molecule has 14 aromatic rings. The van der Waals surface area contributed by atoms with Crippen molar-refractivity contribution in [2.24, 2.45) is 0 Å². The van der Waals surface area contributed by atoms with Gasteiger partial charge in [0.1, 0.15) is 11.1 Å². The molecule has 0 saturated heterocycles. The predicted octanol–water partition coefficient (Wildman–Crippen LogP) is 20.1. The Kier molecular flexibility index (Phi) is 13.4. The molecule has 8 nitrogen and oxygen atoms in total. The molecule has 404 valence electrons. The summed E-state index contributed by atoms with van der Waals surface area (Å²) in [7, 11) is 0. The Morgan fingerprint density at radius 2 is 0.927 bits per heavy atom. The zero-order valence-corrected chi connectivity index (χ0v) is 49.3. The molecule has 0 amide bonds. The van der Waals surface area contributed by atoms with Crippen LogP contribution in [0.5, 0.6) is 11.5 Å². The van der Waals surface area contributed by atoms with E-state index in [0.29, 0.717) is 39.8 Å². The fourth-order valence-electron chi connectivity index (χ4n) is 11.9. The maximum absolute atomic E-state index is 7.11. The molecule has 0 radical (unpaired) electrons. The molecule has 0 aliphatic heterocycles. The summed E-state index contributed by atoms with van der Waals surface area (Å²) in [4.78, 5) is 16.1. The van der Waals surface area contributed by atoms with Crippen LogP contribution < -0.4 is 4.74 Å². The van der Waals surface area contributed by atoms with Gasteiger partial charge in [-0.25, -0.2) is 4.98 Å². The van der Waals surface area contributed by atoms with E-state index >= 15 is 0 Å². The summed E-state index contributed by atoms with van der Waals surface area (Å²) < 4.78 is 25.3. The number of imidazole rings is 2. The Balaban J connectivity index is 0.00000631. The molecular weight excluding hydrogens is 1190 g/mol. The summed E-state index contributed by atoms with van der Waals surface area (Å²) in [5.41, 5.74) is 20.2. The van der Waals surface area contributed by atoms with Crippen LogP contribution in [0.1, 0.15) is 101 Å². The number of pyridine rings is 1. The molecule has 14 rings (SSSR count).